The summed E-state index contributed by atoms with van der Waals surface area (Å²) in [5.74, 6) is 0. The van der Waals surface area contributed by atoms with Gasteiger partial charge in [-0.05, 0) is 0 Å². The van der Waals surface area contributed by atoms with Crippen molar-refractivity contribution in [2.24, 2.45) is 0 Å². The number of hydrogen-bond donors (Lipinski definition) is 1. The van der Waals surface area contributed by atoms with E-state index >= 15 is 0 Å². The third-order valence-corrected chi connectivity index (χ3v) is 0. The van der Waals surface area contributed by atoms with Crippen molar-refractivity contribution in [3.8, 4) is 0 Å². The average molecular weight is 590 g/mol. The van der Waals surface area contributed by atoms with Gasteiger partial charge >= 0.3 is 54.6 Å². The van der Waals surface area contributed by atoms with Gasteiger partial charge in [0.15, 0.2) is 0 Å². The Morgan fingerprint density at radius 3 is 1.09 bits per heavy atom. The fraction of sp³-hybridized carbons (Fsp3) is 0. The molecule has 0 saturated carbocycles. The van der Waals surface area contributed by atoms with Crippen LogP contribution in [0.15, 0.2) is 0 Å². The molecule has 11 heavy (non-hydrogen) atoms. The number of rotatable bonds is 0. The van der Waals surface area contributed by atoms with Crippen molar-refractivity contribution in [2.45, 2.75) is 0 Å². The molecule has 0 aromatic rings. The predicted molar refractivity (Wildman–Crippen MR) is 30.8 cm³/mol. The largest absolute Gasteiger partial charge is 2.00 e. The van der Waals surface area contributed by atoms with E-state index in [1.807, 2.05) is 0 Å². The van der Waals surface area contributed by atoms with Gasteiger partial charge in [0, 0.05) is 0 Å². The zero-order valence-corrected chi connectivity index (χ0v) is 14.2. The van der Waals surface area contributed by atoms with E-state index in [-0.39, 0.29) is 54.6 Å². The van der Waals surface area contributed by atoms with E-state index in [0.717, 1.165) is 0 Å². The Morgan fingerprint density at radius 1 is 1.09 bits per heavy atom. The monoisotopic (exact) mass is 592 g/mol. The summed E-state index contributed by atoms with van der Waals surface area (Å²) in [6, 6.07) is 0. The van der Waals surface area contributed by atoms with Crippen LogP contribution in [0.25, 0.3) is 0 Å². The summed E-state index contributed by atoms with van der Waals surface area (Å²) in [5.41, 5.74) is 0. The van der Waals surface area contributed by atoms with E-state index in [1.165, 1.54) is 0 Å². The van der Waals surface area contributed by atoms with Crippen LogP contribution >= 0.6 is 8.60 Å². The second-order valence-electron chi connectivity index (χ2n) is 0.651. The van der Waals surface area contributed by atoms with Crippen LogP contribution < -0.4 is 14.7 Å². The molecule has 62 valence electrons. The normalized spacial score (nSPS) is 8.55. The summed E-state index contributed by atoms with van der Waals surface area (Å²) in [7, 11) is -8.29. The van der Waals surface area contributed by atoms with Crippen LogP contribution in [0.1, 0.15) is 0 Å². The first kappa shape index (κ1) is 23.1. The van der Waals surface area contributed by atoms with Crippen molar-refractivity contribution in [1.82, 2.24) is 0 Å². The summed E-state index contributed by atoms with van der Waals surface area (Å²) < 4.78 is 32.8. The van der Waals surface area contributed by atoms with Crippen molar-refractivity contribution < 1.29 is 32.2 Å². The first-order valence-electron chi connectivity index (χ1n) is 1.23. The smallest absolute Gasteiger partial charge is 0.854 e. The van der Waals surface area contributed by atoms with E-state index in [2.05, 4.69) is 0 Å². The summed E-state index contributed by atoms with van der Waals surface area (Å²) in [4.78, 5) is 25.4. The molecule has 0 aromatic heterocycles. The van der Waals surface area contributed by atoms with Crippen molar-refractivity contribution in [3.05, 3.63) is 0 Å². The molecule has 4 radical (unpaired) electrons. The topological polar surface area (TPSA) is 147 Å². The van der Waals surface area contributed by atoms with Gasteiger partial charge in [0.25, 0.3) is 0 Å². The summed E-state index contributed by atoms with van der Waals surface area (Å²) in [6.45, 7) is 0. The van der Waals surface area contributed by atoms with Crippen molar-refractivity contribution in [3.63, 3.8) is 0 Å². The van der Waals surface area contributed by atoms with Crippen LogP contribution in [-0.2, 0) is 10.4 Å². The molecule has 0 aliphatic heterocycles. The molecular formula is HO7PPb2S. The molecule has 0 heterocycles. The molecule has 0 fully saturated rings. The van der Waals surface area contributed by atoms with Crippen LogP contribution in [0, 0.1) is 0 Å². The third-order valence-electron chi connectivity index (χ3n) is 0. The summed E-state index contributed by atoms with van der Waals surface area (Å²) >= 11 is 0. The van der Waals surface area contributed by atoms with E-state index in [4.69, 9.17) is 32.2 Å². The van der Waals surface area contributed by atoms with Crippen LogP contribution in [-0.4, -0.2) is 72.1 Å². The average Bonchev–Trinajstić information content (AvgIpc) is 1.19. The molecule has 0 saturated heterocycles. The molecule has 0 rings (SSSR count). The van der Waals surface area contributed by atoms with Gasteiger partial charge in [0.05, 0.1) is 0 Å². The van der Waals surface area contributed by atoms with Gasteiger partial charge in [0.1, 0.15) is 0 Å². The first-order chi connectivity index (χ1) is 3.73. The molecule has 0 aliphatic rings. The van der Waals surface area contributed by atoms with E-state index in [9.17, 15) is 0 Å². The summed E-state index contributed by atoms with van der Waals surface area (Å²) in [5, 5.41) is 0. The Labute approximate surface area is 105 Å². The van der Waals surface area contributed by atoms with Crippen LogP contribution in [0.2, 0.25) is 0 Å². The molecule has 0 aliphatic carbocycles. The molecule has 1 N–H and O–H groups in total. The van der Waals surface area contributed by atoms with Crippen molar-refractivity contribution in [1.29, 1.82) is 0 Å². The Kier molecular flexibility index (Phi) is 25.3. The van der Waals surface area contributed by atoms with Gasteiger partial charge in [-0.2, -0.15) is 0 Å². The van der Waals surface area contributed by atoms with Gasteiger partial charge in [-0.1, -0.05) is 0 Å². The second kappa shape index (κ2) is 12.0. The van der Waals surface area contributed by atoms with E-state index in [0.29, 0.717) is 0 Å². The maximum Gasteiger partial charge on any atom is 2.00 e. The predicted octanol–water partition coefficient (Wildman–Crippen LogP) is -4.46. The van der Waals surface area contributed by atoms with Gasteiger partial charge < -0.3 is 27.8 Å². The summed E-state index contributed by atoms with van der Waals surface area (Å²) in [6.07, 6.45) is 0. The molecule has 0 atom stereocenters. The third kappa shape index (κ3) is 295. The Hall–Kier alpha value is 2.02. The minimum Gasteiger partial charge on any atom is -0.854 e. The van der Waals surface area contributed by atoms with Crippen LogP contribution in [0.3, 0.4) is 0 Å². The van der Waals surface area contributed by atoms with Crippen molar-refractivity contribution in [2.75, 3.05) is 0 Å². The fourth-order valence-electron chi connectivity index (χ4n) is 0. The van der Waals surface area contributed by atoms with Gasteiger partial charge in [-0.15, -0.1) is 0 Å². The van der Waals surface area contributed by atoms with Gasteiger partial charge in [0.2, 0.25) is 10.4 Å². The minimum atomic E-state index is -4.92. The van der Waals surface area contributed by atoms with Crippen LogP contribution in [0.5, 0.6) is 0 Å². The van der Waals surface area contributed by atoms with E-state index < -0.39 is 19.0 Å². The Balaban J connectivity index is -0.0000000383. The maximum atomic E-state index is 8.63. The SMILES string of the molecule is O=S(=O)([O-])O.[O-]P([O-])[O-].[Pb+2].[Pb+2]. The fourth-order valence-corrected chi connectivity index (χ4v) is 0. The van der Waals surface area contributed by atoms with Gasteiger partial charge in [-0.25, -0.2) is 8.42 Å². The van der Waals surface area contributed by atoms with E-state index in [1.54, 1.807) is 0 Å². The second-order valence-corrected chi connectivity index (χ2v) is 1.95. The standard InChI is InChI=1S/H2O4S.O3P.2Pb/c1-5(2,3)4;1-4(2)3;;/h(H2,1,2,3,4);;;/q;-3;2*+2/p-1. The molecule has 0 unspecified atom stereocenters. The van der Waals surface area contributed by atoms with Crippen molar-refractivity contribution >= 4 is 73.6 Å². The minimum absolute atomic E-state index is 0. The molecule has 0 amide bonds. The molecule has 11 heteroatoms. The molecule has 0 aromatic carbocycles. The Bertz CT molecular complexity index is 128. The molecular weight excluding hydrogens is 589 g/mol. The van der Waals surface area contributed by atoms with Gasteiger partial charge in [-0.3, -0.25) is 4.55 Å². The first-order valence-corrected chi connectivity index (χ1v) is 3.69. The molecule has 7 nitrogen and oxygen atoms in total. The molecule has 0 spiro atoms. The number of hydrogen-bond acceptors (Lipinski definition) is 6. The zero-order chi connectivity index (χ0) is 8.08. The zero-order valence-electron chi connectivity index (χ0n) is 4.75. The van der Waals surface area contributed by atoms with Crippen LogP contribution in [0.4, 0.5) is 0 Å². The Morgan fingerprint density at radius 2 is 1.09 bits per heavy atom. The molecule has 0 bridgehead atoms. The maximum absolute atomic E-state index is 8.63. The quantitative estimate of drug-likeness (QED) is 0.130.